The van der Waals surface area contributed by atoms with Crippen LogP contribution in [-0.2, 0) is 6.61 Å². The van der Waals surface area contributed by atoms with E-state index in [1.54, 1.807) is 18.2 Å². The van der Waals surface area contributed by atoms with Gasteiger partial charge < -0.3 is 9.84 Å². The third-order valence-electron chi connectivity index (χ3n) is 1.76. The predicted molar refractivity (Wildman–Crippen MR) is 52.8 cm³/mol. The molecule has 0 amide bonds. The molecular weight excluding hydrogens is 178 g/mol. The minimum absolute atomic E-state index is 0.0241. The molecule has 14 heavy (non-hydrogen) atoms. The Kier molecular flexibility index (Phi) is 3.49. The molecule has 0 saturated carbocycles. The van der Waals surface area contributed by atoms with E-state index in [0.29, 0.717) is 16.9 Å². The molecule has 0 aromatic heterocycles. The van der Waals surface area contributed by atoms with Crippen LogP contribution in [0.5, 0.6) is 5.75 Å². The van der Waals surface area contributed by atoms with Crippen LogP contribution >= 0.6 is 0 Å². The molecule has 1 N–H and O–H groups in total. The molecule has 0 fully saturated rings. The van der Waals surface area contributed by atoms with Crippen molar-refractivity contribution in [2.45, 2.75) is 26.6 Å². The molecule has 1 rings (SSSR count). The van der Waals surface area contributed by atoms with Crippen LogP contribution in [0.1, 0.15) is 25.0 Å². The van der Waals surface area contributed by atoms with Crippen molar-refractivity contribution in [3.8, 4) is 11.8 Å². The summed E-state index contributed by atoms with van der Waals surface area (Å²) >= 11 is 0. The Labute approximate surface area is 83.6 Å². The van der Waals surface area contributed by atoms with Gasteiger partial charge in [-0.1, -0.05) is 12.1 Å². The average molecular weight is 191 g/mol. The first kappa shape index (κ1) is 10.6. The average Bonchev–Trinajstić information content (AvgIpc) is 2.16. The Morgan fingerprint density at radius 1 is 1.50 bits per heavy atom. The summed E-state index contributed by atoms with van der Waals surface area (Å²) in [5.74, 6) is 0.536. The van der Waals surface area contributed by atoms with Crippen LogP contribution in [0.3, 0.4) is 0 Å². The number of nitriles is 1. The second-order valence-electron chi connectivity index (χ2n) is 3.23. The standard InChI is InChI=1S/C11H13NO2/c1-8(2)14-11-5-3-4-9(7-13)10(11)6-12/h3-5,8,13H,7H2,1-2H3. The van der Waals surface area contributed by atoms with E-state index in [1.165, 1.54) is 0 Å². The summed E-state index contributed by atoms with van der Waals surface area (Å²) in [6.07, 6.45) is 0.0241. The van der Waals surface area contributed by atoms with Gasteiger partial charge >= 0.3 is 0 Å². The maximum atomic E-state index is 9.00. The highest BCUT2D eigenvalue weighted by Crippen LogP contribution is 2.22. The third-order valence-corrected chi connectivity index (χ3v) is 1.76. The van der Waals surface area contributed by atoms with Crippen molar-refractivity contribution in [3.05, 3.63) is 29.3 Å². The van der Waals surface area contributed by atoms with Crippen LogP contribution in [0.25, 0.3) is 0 Å². The summed E-state index contributed by atoms with van der Waals surface area (Å²) in [6, 6.07) is 7.25. The van der Waals surface area contributed by atoms with Crippen LogP contribution in [-0.4, -0.2) is 11.2 Å². The first-order valence-electron chi connectivity index (χ1n) is 4.48. The molecule has 0 saturated heterocycles. The van der Waals surface area contributed by atoms with Crippen molar-refractivity contribution >= 4 is 0 Å². The minimum Gasteiger partial charge on any atom is -0.490 e. The van der Waals surface area contributed by atoms with Crippen LogP contribution in [0.4, 0.5) is 0 Å². The molecule has 0 spiro atoms. The Hall–Kier alpha value is -1.53. The fourth-order valence-electron chi connectivity index (χ4n) is 1.19. The zero-order chi connectivity index (χ0) is 10.6. The molecule has 0 unspecified atom stereocenters. The maximum absolute atomic E-state index is 9.00. The van der Waals surface area contributed by atoms with Gasteiger partial charge in [-0.05, 0) is 25.5 Å². The highest BCUT2D eigenvalue weighted by molar-refractivity contribution is 5.48. The summed E-state index contributed by atoms with van der Waals surface area (Å²) in [5, 5.41) is 17.9. The number of hydrogen-bond donors (Lipinski definition) is 1. The van der Waals surface area contributed by atoms with E-state index in [-0.39, 0.29) is 12.7 Å². The minimum atomic E-state index is -0.141. The molecule has 0 aliphatic rings. The van der Waals surface area contributed by atoms with Crippen molar-refractivity contribution in [1.82, 2.24) is 0 Å². The van der Waals surface area contributed by atoms with Gasteiger partial charge in [-0.3, -0.25) is 0 Å². The highest BCUT2D eigenvalue weighted by Gasteiger charge is 2.09. The molecule has 1 aromatic rings. The molecule has 1 aromatic carbocycles. The smallest absolute Gasteiger partial charge is 0.137 e. The van der Waals surface area contributed by atoms with E-state index in [0.717, 1.165) is 0 Å². The lowest BCUT2D eigenvalue weighted by Gasteiger charge is -2.12. The Bertz CT molecular complexity index is 353. The summed E-state index contributed by atoms with van der Waals surface area (Å²) < 4.78 is 5.45. The van der Waals surface area contributed by atoms with Gasteiger partial charge in [0.1, 0.15) is 11.8 Å². The largest absolute Gasteiger partial charge is 0.490 e. The summed E-state index contributed by atoms with van der Waals surface area (Å²) in [7, 11) is 0. The van der Waals surface area contributed by atoms with Gasteiger partial charge in [0.25, 0.3) is 0 Å². The number of hydrogen-bond acceptors (Lipinski definition) is 3. The predicted octanol–water partition coefficient (Wildman–Crippen LogP) is 1.84. The van der Waals surface area contributed by atoms with Gasteiger partial charge in [0.15, 0.2) is 0 Å². The van der Waals surface area contributed by atoms with Gasteiger partial charge in [-0.15, -0.1) is 0 Å². The fourth-order valence-corrected chi connectivity index (χ4v) is 1.19. The number of nitrogens with zero attached hydrogens (tertiary/aromatic N) is 1. The van der Waals surface area contributed by atoms with E-state index >= 15 is 0 Å². The molecule has 3 nitrogen and oxygen atoms in total. The number of rotatable bonds is 3. The monoisotopic (exact) mass is 191 g/mol. The van der Waals surface area contributed by atoms with Gasteiger partial charge in [0.2, 0.25) is 0 Å². The number of ether oxygens (including phenoxy) is 1. The Morgan fingerprint density at radius 3 is 2.71 bits per heavy atom. The normalized spacial score (nSPS) is 9.93. The molecular formula is C11H13NO2. The third kappa shape index (κ3) is 2.24. The van der Waals surface area contributed by atoms with E-state index in [9.17, 15) is 0 Å². The van der Waals surface area contributed by atoms with Gasteiger partial charge in [-0.2, -0.15) is 5.26 Å². The first-order chi connectivity index (χ1) is 6.69. The second kappa shape index (κ2) is 4.64. The molecule has 74 valence electrons. The SMILES string of the molecule is CC(C)Oc1cccc(CO)c1C#N. The van der Waals surface area contributed by atoms with Crippen molar-refractivity contribution in [1.29, 1.82) is 5.26 Å². The second-order valence-corrected chi connectivity index (χ2v) is 3.23. The van der Waals surface area contributed by atoms with Crippen molar-refractivity contribution in [2.24, 2.45) is 0 Å². The van der Waals surface area contributed by atoms with Crippen molar-refractivity contribution < 1.29 is 9.84 Å². The van der Waals surface area contributed by atoms with Crippen molar-refractivity contribution in [2.75, 3.05) is 0 Å². The number of aliphatic hydroxyl groups is 1. The van der Waals surface area contributed by atoms with E-state index in [4.69, 9.17) is 15.1 Å². The van der Waals surface area contributed by atoms with Crippen LogP contribution in [0, 0.1) is 11.3 Å². The fraction of sp³-hybridized carbons (Fsp3) is 0.364. The molecule has 0 heterocycles. The Morgan fingerprint density at radius 2 is 2.21 bits per heavy atom. The van der Waals surface area contributed by atoms with Crippen LogP contribution in [0.15, 0.2) is 18.2 Å². The van der Waals surface area contributed by atoms with Gasteiger partial charge in [-0.25, -0.2) is 0 Å². The van der Waals surface area contributed by atoms with Crippen molar-refractivity contribution in [3.63, 3.8) is 0 Å². The lowest BCUT2D eigenvalue weighted by atomic mass is 10.1. The van der Waals surface area contributed by atoms with Gasteiger partial charge in [0, 0.05) is 0 Å². The molecule has 0 aliphatic carbocycles. The quantitative estimate of drug-likeness (QED) is 0.793. The highest BCUT2D eigenvalue weighted by atomic mass is 16.5. The summed E-state index contributed by atoms with van der Waals surface area (Å²) in [4.78, 5) is 0. The first-order valence-corrected chi connectivity index (χ1v) is 4.48. The zero-order valence-corrected chi connectivity index (χ0v) is 8.32. The Balaban J connectivity index is 3.10. The number of aliphatic hydroxyl groups excluding tert-OH is 1. The molecule has 0 atom stereocenters. The van der Waals surface area contributed by atoms with E-state index in [1.807, 2.05) is 19.9 Å². The topological polar surface area (TPSA) is 53.2 Å². The number of benzene rings is 1. The molecule has 0 bridgehead atoms. The molecule has 3 heteroatoms. The van der Waals surface area contributed by atoms with Crippen LogP contribution in [0.2, 0.25) is 0 Å². The lowest BCUT2D eigenvalue weighted by molar-refractivity contribution is 0.239. The van der Waals surface area contributed by atoms with Crippen LogP contribution < -0.4 is 4.74 Å². The van der Waals surface area contributed by atoms with E-state index < -0.39 is 0 Å². The molecule has 0 aliphatic heterocycles. The summed E-state index contributed by atoms with van der Waals surface area (Å²) in [5.41, 5.74) is 1.02. The lowest BCUT2D eigenvalue weighted by Crippen LogP contribution is -2.07. The van der Waals surface area contributed by atoms with Gasteiger partial charge in [0.05, 0.1) is 18.3 Å². The zero-order valence-electron chi connectivity index (χ0n) is 8.32. The molecule has 0 radical (unpaired) electrons. The van der Waals surface area contributed by atoms with E-state index in [2.05, 4.69) is 0 Å². The maximum Gasteiger partial charge on any atom is 0.137 e. The summed E-state index contributed by atoms with van der Waals surface area (Å²) in [6.45, 7) is 3.65.